The molecule has 0 atom stereocenters. The monoisotopic (exact) mass is 362 g/mol. The van der Waals surface area contributed by atoms with Crippen LogP contribution >= 0.6 is 23.4 Å². The second-order valence-corrected chi connectivity index (χ2v) is 6.24. The lowest BCUT2D eigenvalue weighted by molar-refractivity contribution is -0.0564. The molecule has 0 aliphatic carbocycles. The zero-order chi connectivity index (χ0) is 17.0. The van der Waals surface area contributed by atoms with E-state index in [0.29, 0.717) is 21.7 Å². The van der Waals surface area contributed by atoms with Gasteiger partial charge in [-0.05, 0) is 29.8 Å². The Morgan fingerprint density at radius 3 is 1.96 bits per heavy atom. The second kappa shape index (κ2) is 7.36. The molecule has 0 fully saturated rings. The van der Waals surface area contributed by atoms with Crippen molar-refractivity contribution in [1.82, 2.24) is 0 Å². The van der Waals surface area contributed by atoms with Crippen molar-refractivity contribution in [2.75, 3.05) is 0 Å². The van der Waals surface area contributed by atoms with Gasteiger partial charge in [0.1, 0.15) is 0 Å². The minimum Gasteiger partial charge on any atom is -0.289 e. The van der Waals surface area contributed by atoms with Crippen molar-refractivity contribution in [2.45, 2.75) is 17.4 Å². The van der Waals surface area contributed by atoms with E-state index in [1.54, 1.807) is 24.3 Å². The maximum atomic E-state index is 12.8. The number of thioether (sulfide) groups is 1. The van der Waals surface area contributed by atoms with Crippen LogP contribution in [0.1, 0.15) is 21.5 Å². The molecular weight excluding hydrogens is 352 g/mol. The molecule has 0 unspecified atom stereocenters. The van der Waals surface area contributed by atoms with Gasteiger partial charge in [0.05, 0.1) is 0 Å². The van der Waals surface area contributed by atoms with Crippen LogP contribution < -0.4 is 0 Å². The number of rotatable bonds is 6. The molecule has 0 aromatic heterocycles. The highest BCUT2D eigenvalue weighted by Crippen LogP contribution is 2.37. The Labute approximate surface area is 139 Å². The van der Waals surface area contributed by atoms with Gasteiger partial charge in [0.2, 0.25) is 0 Å². The van der Waals surface area contributed by atoms with Crippen molar-refractivity contribution in [3.8, 4) is 0 Å². The molecule has 0 N–H and O–H groups in total. The molecule has 0 heterocycles. The fraction of sp³-hybridized carbons (Fsp3) is 0.188. The fourth-order valence-corrected chi connectivity index (χ4v) is 2.57. The summed E-state index contributed by atoms with van der Waals surface area (Å²) in [6.45, 7) is 0. The third kappa shape index (κ3) is 4.72. The summed E-state index contributed by atoms with van der Waals surface area (Å²) in [4.78, 5) is 12.2. The van der Waals surface area contributed by atoms with Gasteiger partial charge in [-0.1, -0.05) is 47.6 Å². The van der Waals surface area contributed by atoms with Gasteiger partial charge in [-0.25, -0.2) is 8.78 Å². The summed E-state index contributed by atoms with van der Waals surface area (Å²) >= 11 is 5.62. The summed E-state index contributed by atoms with van der Waals surface area (Å²) in [5.74, 6) is -0.508. The van der Waals surface area contributed by atoms with Crippen molar-refractivity contribution in [1.29, 1.82) is 0 Å². The first kappa shape index (κ1) is 17.8. The molecule has 23 heavy (non-hydrogen) atoms. The highest BCUT2D eigenvalue weighted by atomic mass is 35.5. The molecule has 122 valence electrons. The molecule has 0 bridgehead atoms. The average Bonchev–Trinajstić information content (AvgIpc) is 2.53. The maximum Gasteiger partial charge on any atom is 0.353 e. The Hall–Kier alpha value is -1.53. The summed E-state index contributed by atoms with van der Waals surface area (Å²) in [7, 11) is 0. The van der Waals surface area contributed by atoms with Crippen LogP contribution in [0.15, 0.2) is 48.5 Å². The largest absolute Gasteiger partial charge is 0.353 e. The first-order valence-electron chi connectivity index (χ1n) is 6.49. The smallest absolute Gasteiger partial charge is 0.289 e. The summed E-state index contributed by atoms with van der Waals surface area (Å²) in [6.07, 6.45) is -3.71. The van der Waals surface area contributed by atoms with Crippen LogP contribution in [0, 0.1) is 0 Å². The Bertz CT molecular complexity index is 671. The van der Waals surface area contributed by atoms with Crippen molar-refractivity contribution in [3.63, 3.8) is 0 Å². The fourth-order valence-electron chi connectivity index (χ4n) is 1.76. The molecule has 0 saturated heterocycles. The van der Waals surface area contributed by atoms with E-state index in [1.165, 1.54) is 24.3 Å². The van der Waals surface area contributed by atoms with Gasteiger partial charge in [0.25, 0.3) is 0 Å². The van der Waals surface area contributed by atoms with Gasteiger partial charge in [0, 0.05) is 21.9 Å². The lowest BCUT2D eigenvalue weighted by atomic mass is 10.0. The zero-order valence-corrected chi connectivity index (χ0v) is 13.2. The van der Waals surface area contributed by atoms with E-state index in [0.717, 1.165) is 0 Å². The van der Waals surface area contributed by atoms with Crippen LogP contribution in [-0.2, 0) is 5.75 Å². The molecule has 7 heteroatoms. The number of hydrogen-bond acceptors (Lipinski definition) is 2. The van der Waals surface area contributed by atoms with Gasteiger partial charge in [-0.3, -0.25) is 4.79 Å². The average molecular weight is 363 g/mol. The van der Waals surface area contributed by atoms with Crippen LogP contribution in [0.25, 0.3) is 0 Å². The summed E-state index contributed by atoms with van der Waals surface area (Å²) in [6, 6.07) is 12.2. The van der Waals surface area contributed by atoms with Crippen molar-refractivity contribution in [2.24, 2.45) is 0 Å². The van der Waals surface area contributed by atoms with Gasteiger partial charge >= 0.3 is 11.7 Å². The number of hydrogen-bond donors (Lipinski definition) is 0. The number of benzene rings is 2. The van der Waals surface area contributed by atoms with Gasteiger partial charge in [0.15, 0.2) is 5.78 Å². The quantitative estimate of drug-likeness (QED) is 0.487. The lowest BCUT2D eigenvalue weighted by Gasteiger charge is -2.14. The molecule has 0 radical (unpaired) electrons. The van der Waals surface area contributed by atoms with E-state index in [2.05, 4.69) is 0 Å². The van der Waals surface area contributed by atoms with E-state index in [-0.39, 0.29) is 23.3 Å². The third-order valence-electron chi connectivity index (χ3n) is 3.01. The topological polar surface area (TPSA) is 17.1 Å². The van der Waals surface area contributed by atoms with Crippen LogP contribution in [0.2, 0.25) is 5.02 Å². The van der Waals surface area contributed by atoms with Crippen LogP contribution in [-0.4, -0.2) is 17.5 Å². The Morgan fingerprint density at radius 1 is 1.00 bits per heavy atom. The minimum absolute atomic E-state index is 0.131. The first-order valence-corrected chi connectivity index (χ1v) is 7.85. The second-order valence-electron chi connectivity index (χ2n) is 4.68. The van der Waals surface area contributed by atoms with E-state index in [1.807, 2.05) is 0 Å². The molecule has 0 aliphatic heterocycles. The summed E-state index contributed by atoms with van der Waals surface area (Å²) in [5.41, 5.74) is 1.26. The Balaban J connectivity index is 2.04. The predicted octanol–water partition coefficient (Wildman–Crippen LogP) is 5.66. The number of carbonyl (C=O) groups excluding carboxylic acids is 1. The zero-order valence-electron chi connectivity index (χ0n) is 11.6. The standard InChI is InChI=1S/C16H11ClF4OS/c17-13-7-5-12(6-8-13)14(22)11-3-1-10(2-4-11)9-23-16(20,21)15(18)19/h1-8,15H,9H2. The van der Waals surface area contributed by atoms with E-state index in [4.69, 9.17) is 11.6 Å². The summed E-state index contributed by atoms with van der Waals surface area (Å²) in [5, 5.41) is -3.58. The van der Waals surface area contributed by atoms with Crippen molar-refractivity contribution >= 4 is 29.1 Å². The SMILES string of the molecule is O=C(c1ccc(Cl)cc1)c1ccc(CSC(F)(F)C(F)F)cc1. The van der Waals surface area contributed by atoms with Crippen molar-refractivity contribution in [3.05, 3.63) is 70.2 Å². The molecule has 0 amide bonds. The maximum absolute atomic E-state index is 12.8. The van der Waals surface area contributed by atoms with Gasteiger partial charge in [-0.15, -0.1) is 0 Å². The Morgan fingerprint density at radius 2 is 1.48 bits per heavy atom. The number of carbonyl (C=O) groups is 1. The first-order chi connectivity index (χ1) is 10.8. The minimum atomic E-state index is -4.09. The van der Waals surface area contributed by atoms with Gasteiger partial charge < -0.3 is 0 Å². The highest BCUT2D eigenvalue weighted by Gasteiger charge is 2.41. The number of halogens is 5. The summed E-state index contributed by atoms with van der Waals surface area (Å²) < 4.78 is 49.8. The van der Waals surface area contributed by atoms with Crippen LogP contribution in [0.4, 0.5) is 17.6 Å². The highest BCUT2D eigenvalue weighted by molar-refractivity contribution is 7.99. The third-order valence-corrected chi connectivity index (χ3v) is 4.30. The van der Waals surface area contributed by atoms with E-state index in [9.17, 15) is 22.4 Å². The van der Waals surface area contributed by atoms with Crippen LogP contribution in [0.3, 0.4) is 0 Å². The van der Waals surface area contributed by atoms with E-state index >= 15 is 0 Å². The molecule has 0 saturated carbocycles. The predicted molar refractivity (Wildman–Crippen MR) is 83.6 cm³/mol. The molecular formula is C16H11ClF4OS. The van der Waals surface area contributed by atoms with Crippen molar-refractivity contribution < 1.29 is 22.4 Å². The number of alkyl halides is 4. The van der Waals surface area contributed by atoms with E-state index < -0.39 is 11.7 Å². The molecule has 1 nitrogen and oxygen atoms in total. The lowest BCUT2D eigenvalue weighted by Crippen LogP contribution is -2.21. The van der Waals surface area contributed by atoms with Crippen LogP contribution in [0.5, 0.6) is 0 Å². The Kier molecular flexibility index (Phi) is 5.70. The van der Waals surface area contributed by atoms with Gasteiger partial charge in [-0.2, -0.15) is 8.78 Å². The molecule has 0 aliphatic rings. The molecule has 2 rings (SSSR count). The molecule has 0 spiro atoms. The number of ketones is 1. The normalized spacial score (nSPS) is 11.7. The molecule has 2 aromatic carbocycles. The molecule has 2 aromatic rings.